The smallest absolute Gasteiger partial charge is 0.160 e. The van der Waals surface area contributed by atoms with Crippen molar-refractivity contribution in [3.63, 3.8) is 0 Å². The summed E-state index contributed by atoms with van der Waals surface area (Å²) < 4.78 is 17.6. The van der Waals surface area contributed by atoms with Crippen molar-refractivity contribution < 1.29 is 14.2 Å². The van der Waals surface area contributed by atoms with E-state index < -0.39 is 0 Å². The normalized spacial score (nSPS) is 34.0. The van der Waals surface area contributed by atoms with Gasteiger partial charge in [-0.1, -0.05) is 32.6 Å². The molecule has 0 bridgehead atoms. The summed E-state index contributed by atoms with van der Waals surface area (Å²) in [6.45, 7) is 4.44. The lowest BCUT2D eigenvalue weighted by Crippen LogP contribution is -2.42. The van der Waals surface area contributed by atoms with Gasteiger partial charge in [0.15, 0.2) is 6.29 Å². The van der Waals surface area contributed by atoms with E-state index in [1.165, 1.54) is 25.7 Å². The molecule has 0 aromatic rings. The van der Waals surface area contributed by atoms with Gasteiger partial charge >= 0.3 is 0 Å². The second kappa shape index (κ2) is 10.0. The van der Waals surface area contributed by atoms with Crippen molar-refractivity contribution in [2.45, 2.75) is 82.5 Å². The molecule has 3 nitrogen and oxygen atoms in total. The number of ether oxygens (including phenoxy) is 3. The Bertz CT molecular complexity index is 259. The van der Waals surface area contributed by atoms with Crippen LogP contribution in [-0.2, 0) is 14.2 Å². The first-order valence-electron chi connectivity index (χ1n) is 8.78. The van der Waals surface area contributed by atoms with Crippen LogP contribution in [0.5, 0.6) is 0 Å². The van der Waals surface area contributed by atoms with Crippen molar-refractivity contribution in [3.05, 3.63) is 0 Å². The van der Waals surface area contributed by atoms with Crippen LogP contribution in [0.1, 0.15) is 64.7 Å². The van der Waals surface area contributed by atoms with Crippen LogP contribution in [0, 0.1) is 5.92 Å². The van der Waals surface area contributed by atoms with Gasteiger partial charge in [-0.2, -0.15) is 0 Å². The molecule has 2 fully saturated rings. The van der Waals surface area contributed by atoms with E-state index >= 15 is 0 Å². The maximum Gasteiger partial charge on any atom is 0.160 e. The fourth-order valence-electron chi connectivity index (χ4n) is 3.18. The van der Waals surface area contributed by atoms with Crippen LogP contribution < -0.4 is 0 Å². The van der Waals surface area contributed by atoms with E-state index in [9.17, 15) is 0 Å². The SMILES string of the molecule is CCCCCCCOC1COC(C2CCC(Cl)CC2)OC1. The predicted molar refractivity (Wildman–Crippen MR) is 85.8 cm³/mol. The molecule has 2 aliphatic rings. The summed E-state index contributed by atoms with van der Waals surface area (Å²) in [5.41, 5.74) is 0. The minimum absolute atomic E-state index is 0.0291. The van der Waals surface area contributed by atoms with E-state index in [0.29, 0.717) is 24.5 Å². The summed E-state index contributed by atoms with van der Waals surface area (Å²) in [6, 6.07) is 0. The van der Waals surface area contributed by atoms with Crippen LogP contribution in [-0.4, -0.2) is 37.6 Å². The van der Waals surface area contributed by atoms with Crippen LogP contribution in [0.4, 0.5) is 0 Å². The molecule has 0 atom stereocenters. The molecule has 4 heteroatoms. The molecule has 0 amide bonds. The van der Waals surface area contributed by atoms with Crippen LogP contribution in [0.3, 0.4) is 0 Å². The van der Waals surface area contributed by atoms with Gasteiger partial charge in [0.2, 0.25) is 0 Å². The minimum atomic E-state index is -0.0291. The third-order valence-corrected chi connectivity index (χ3v) is 5.02. The van der Waals surface area contributed by atoms with Gasteiger partial charge in [0, 0.05) is 17.9 Å². The Morgan fingerprint density at radius 1 is 0.952 bits per heavy atom. The van der Waals surface area contributed by atoms with Gasteiger partial charge in [-0.05, 0) is 32.1 Å². The highest BCUT2D eigenvalue weighted by molar-refractivity contribution is 6.20. The highest BCUT2D eigenvalue weighted by Gasteiger charge is 2.32. The monoisotopic (exact) mass is 318 g/mol. The summed E-state index contributed by atoms with van der Waals surface area (Å²) in [6.07, 6.45) is 10.9. The van der Waals surface area contributed by atoms with E-state index in [1.54, 1.807) is 0 Å². The molecule has 1 aliphatic carbocycles. The predicted octanol–water partition coefficient (Wildman–Crippen LogP) is 4.51. The van der Waals surface area contributed by atoms with Gasteiger partial charge in [0.1, 0.15) is 6.10 Å². The highest BCUT2D eigenvalue weighted by atomic mass is 35.5. The number of unbranched alkanes of at least 4 members (excludes halogenated alkanes) is 4. The van der Waals surface area contributed by atoms with E-state index in [0.717, 1.165) is 38.7 Å². The van der Waals surface area contributed by atoms with Crippen LogP contribution in [0.2, 0.25) is 0 Å². The van der Waals surface area contributed by atoms with Gasteiger partial charge in [-0.15, -0.1) is 11.6 Å². The quantitative estimate of drug-likeness (QED) is 0.486. The summed E-state index contributed by atoms with van der Waals surface area (Å²) in [7, 11) is 0. The number of hydrogen-bond acceptors (Lipinski definition) is 3. The average Bonchev–Trinajstić information content (AvgIpc) is 2.52. The lowest BCUT2D eigenvalue weighted by atomic mass is 9.88. The third kappa shape index (κ3) is 6.43. The molecule has 1 saturated carbocycles. The first kappa shape index (κ1) is 17.5. The Morgan fingerprint density at radius 3 is 2.29 bits per heavy atom. The van der Waals surface area contributed by atoms with Crippen molar-refractivity contribution in [1.29, 1.82) is 0 Å². The second-order valence-corrected chi connectivity index (χ2v) is 7.07. The summed E-state index contributed by atoms with van der Waals surface area (Å²) >= 11 is 6.15. The van der Waals surface area contributed by atoms with Crippen molar-refractivity contribution in [1.82, 2.24) is 0 Å². The average molecular weight is 319 g/mol. The largest absolute Gasteiger partial charge is 0.373 e. The van der Waals surface area contributed by atoms with E-state index in [-0.39, 0.29) is 12.4 Å². The maximum absolute atomic E-state index is 6.15. The standard InChI is InChI=1S/C17H31ClO3/c1-2-3-4-5-6-11-19-16-12-20-17(21-13-16)14-7-9-15(18)10-8-14/h14-17H,2-13H2,1H3. The molecule has 0 radical (unpaired) electrons. The Hall–Kier alpha value is 0.170. The Labute approximate surface area is 134 Å². The molecule has 0 N–H and O–H groups in total. The van der Waals surface area contributed by atoms with Crippen molar-refractivity contribution in [3.8, 4) is 0 Å². The Balaban J connectivity index is 1.52. The molecule has 1 saturated heterocycles. The molecule has 21 heavy (non-hydrogen) atoms. The summed E-state index contributed by atoms with van der Waals surface area (Å²) in [5.74, 6) is 0.523. The molecular formula is C17H31ClO3. The van der Waals surface area contributed by atoms with Gasteiger partial charge in [0.05, 0.1) is 13.2 Å². The Kier molecular flexibility index (Phi) is 8.38. The molecule has 2 rings (SSSR count). The number of halogens is 1. The molecule has 124 valence electrons. The minimum Gasteiger partial charge on any atom is -0.373 e. The van der Waals surface area contributed by atoms with Gasteiger partial charge in [-0.3, -0.25) is 0 Å². The zero-order chi connectivity index (χ0) is 14.9. The van der Waals surface area contributed by atoms with E-state index in [1.807, 2.05) is 0 Å². The number of rotatable bonds is 8. The maximum atomic E-state index is 6.15. The molecule has 0 aromatic carbocycles. The zero-order valence-electron chi connectivity index (χ0n) is 13.4. The summed E-state index contributed by atoms with van der Waals surface area (Å²) in [5, 5.41) is 0.355. The van der Waals surface area contributed by atoms with E-state index in [4.69, 9.17) is 25.8 Å². The van der Waals surface area contributed by atoms with Crippen LogP contribution in [0.25, 0.3) is 0 Å². The Morgan fingerprint density at radius 2 is 1.62 bits per heavy atom. The number of alkyl halides is 1. The molecule has 1 aliphatic heterocycles. The molecule has 1 heterocycles. The summed E-state index contributed by atoms with van der Waals surface area (Å²) in [4.78, 5) is 0. The number of hydrogen-bond donors (Lipinski definition) is 0. The van der Waals surface area contributed by atoms with Gasteiger partial charge < -0.3 is 14.2 Å². The first-order valence-corrected chi connectivity index (χ1v) is 9.22. The lowest BCUT2D eigenvalue weighted by Gasteiger charge is -2.36. The fraction of sp³-hybridized carbons (Fsp3) is 1.00. The molecule has 0 unspecified atom stereocenters. The van der Waals surface area contributed by atoms with Gasteiger partial charge in [-0.25, -0.2) is 0 Å². The topological polar surface area (TPSA) is 27.7 Å². The van der Waals surface area contributed by atoms with E-state index in [2.05, 4.69) is 6.92 Å². The first-order chi connectivity index (χ1) is 10.3. The third-order valence-electron chi connectivity index (χ3n) is 4.58. The molecular weight excluding hydrogens is 288 g/mol. The lowest BCUT2D eigenvalue weighted by molar-refractivity contribution is -0.248. The molecule has 0 aromatic heterocycles. The molecule has 0 spiro atoms. The second-order valence-electron chi connectivity index (χ2n) is 6.45. The van der Waals surface area contributed by atoms with Crippen LogP contribution >= 0.6 is 11.6 Å². The van der Waals surface area contributed by atoms with Crippen molar-refractivity contribution >= 4 is 11.6 Å². The highest BCUT2D eigenvalue weighted by Crippen LogP contribution is 2.32. The fourth-order valence-corrected chi connectivity index (χ4v) is 3.43. The van der Waals surface area contributed by atoms with Crippen LogP contribution in [0.15, 0.2) is 0 Å². The van der Waals surface area contributed by atoms with Gasteiger partial charge in [0.25, 0.3) is 0 Å². The zero-order valence-corrected chi connectivity index (χ0v) is 14.2. The van der Waals surface area contributed by atoms with Crippen molar-refractivity contribution in [2.75, 3.05) is 19.8 Å². The van der Waals surface area contributed by atoms with Crippen molar-refractivity contribution in [2.24, 2.45) is 5.92 Å².